The summed E-state index contributed by atoms with van der Waals surface area (Å²) in [5.74, 6) is 0. The molecule has 114 valence electrons. The maximum absolute atomic E-state index is 2.51. The third-order valence-corrected chi connectivity index (χ3v) is 12.8. The molecule has 0 atom stereocenters. The van der Waals surface area contributed by atoms with Gasteiger partial charge in [0.15, 0.2) is 0 Å². The van der Waals surface area contributed by atoms with E-state index in [-0.39, 0.29) is 0 Å². The average molecular weight is 470 g/mol. The van der Waals surface area contributed by atoms with Gasteiger partial charge in [0.2, 0.25) is 0 Å². The Morgan fingerprint density at radius 1 is 0.652 bits per heavy atom. The molecule has 0 saturated carbocycles. The van der Waals surface area contributed by atoms with E-state index in [4.69, 9.17) is 0 Å². The molecule has 0 saturated heterocycles. The number of fused-ring (bicyclic) bond motifs is 3. The normalized spacial score (nSPS) is 12.1. The Morgan fingerprint density at radius 2 is 1.30 bits per heavy atom. The third kappa shape index (κ3) is 2.69. The van der Waals surface area contributed by atoms with Crippen molar-refractivity contribution >= 4 is 55.8 Å². The predicted octanol–water partition coefficient (Wildman–Crippen LogP) is 5.26. The number of hydrogen-bond donors (Lipinski definition) is 0. The van der Waals surface area contributed by atoms with Crippen molar-refractivity contribution < 1.29 is 0 Å². The Bertz CT molecular complexity index is 1010. The molecule has 0 aliphatic rings. The molecule has 0 amide bonds. The molecule has 0 aliphatic carbocycles. The van der Waals surface area contributed by atoms with Crippen LogP contribution in [0.15, 0.2) is 66.7 Å². The second-order valence-corrected chi connectivity index (χ2v) is 23.7. The van der Waals surface area contributed by atoms with Crippen molar-refractivity contribution in [2.45, 2.75) is 14.8 Å². The fourth-order valence-corrected chi connectivity index (χ4v) is 10.5. The van der Waals surface area contributed by atoms with Crippen molar-refractivity contribution in [3.63, 3.8) is 0 Å². The van der Waals surface area contributed by atoms with E-state index in [1.165, 1.54) is 26.2 Å². The summed E-state index contributed by atoms with van der Waals surface area (Å²) >= 11 is -1.72. The van der Waals surface area contributed by atoms with Crippen molar-refractivity contribution in [2.75, 3.05) is 0 Å². The molecule has 2 heteroatoms. The summed E-state index contributed by atoms with van der Waals surface area (Å²) in [6, 6.07) is 24.9. The molecule has 23 heavy (non-hydrogen) atoms. The summed E-state index contributed by atoms with van der Waals surface area (Å²) in [6.07, 6.45) is 0. The standard InChI is InChI=1S/C18H11Se.3CH3.Sn/c1-2-7-13(8-3-1)14-10-6-11-16-15-9-4-5-12-17(15)19-18(14)16;;;;/h1-7,9-12H;3*1H3;. The molecule has 0 bridgehead atoms. The topological polar surface area (TPSA) is 0 Å². The molecule has 1 heterocycles. The van der Waals surface area contributed by atoms with Gasteiger partial charge in [-0.25, -0.2) is 0 Å². The van der Waals surface area contributed by atoms with Crippen LogP contribution in [0, 0.1) is 0 Å². The molecule has 0 radical (unpaired) electrons. The summed E-state index contributed by atoms with van der Waals surface area (Å²) in [5, 5.41) is 2.90. The van der Waals surface area contributed by atoms with Crippen LogP contribution in [0.25, 0.3) is 30.4 Å². The zero-order valence-corrected chi connectivity index (χ0v) is 18.3. The van der Waals surface area contributed by atoms with E-state index in [9.17, 15) is 0 Å². The minimum absolute atomic E-state index is 0.420. The number of hydrogen-bond acceptors (Lipinski definition) is 0. The van der Waals surface area contributed by atoms with Crippen LogP contribution in [0.5, 0.6) is 0 Å². The Hall–Kier alpha value is -1.02. The van der Waals surface area contributed by atoms with Gasteiger partial charge in [0.25, 0.3) is 0 Å². The van der Waals surface area contributed by atoms with Gasteiger partial charge in [0.1, 0.15) is 0 Å². The van der Waals surface area contributed by atoms with Gasteiger partial charge in [-0.05, 0) is 0 Å². The van der Waals surface area contributed by atoms with Gasteiger partial charge in [0, 0.05) is 0 Å². The average Bonchev–Trinajstić information content (AvgIpc) is 2.93. The summed E-state index contributed by atoms with van der Waals surface area (Å²) in [4.78, 5) is 7.53. The maximum atomic E-state index is 2.51. The van der Waals surface area contributed by atoms with Crippen molar-refractivity contribution in [3.05, 3.63) is 66.7 Å². The molecule has 0 N–H and O–H groups in total. The molecule has 0 aliphatic heterocycles. The second-order valence-electron chi connectivity index (χ2n) is 7.08. The van der Waals surface area contributed by atoms with Crippen LogP contribution in [0.2, 0.25) is 14.8 Å². The molecule has 0 nitrogen and oxygen atoms in total. The molecule has 3 aromatic carbocycles. The fourth-order valence-electron chi connectivity index (χ4n) is 3.33. The number of benzene rings is 3. The molecule has 0 unspecified atom stereocenters. The Kier molecular flexibility index (Phi) is 3.91. The molecule has 0 spiro atoms. The quantitative estimate of drug-likeness (QED) is 0.351. The van der Waals surface area contributed by atoms with E-state index in [2.05, 4.69) is 81.5 Å². The monoisotopic (exact) mass is 472 g/mol. The fraction of sp³-hybridized carbons (Fsp3) is 0.143. The van der Waals surface area contributed by atoms with Gasteiger partial charge < -0.3 is 0 Å². The predicted molar refractivity (Wildman–Crippen MR) is 107 cm³/mol. The Morgan fingerprint density at radius 3 is 2.13 bits per heavy atom. The van der Waals surface area contributed by atoms with Crippen LogP contribution in [0.1, 0.15) is 0 Å². The van der Waals surface area contributed by atoms with Gasteiger partial charge in [0.05, 0.1) is 0 Å². The SMILES string of the molecule is [CH3][Sn]([CH3])([CH3])[c]1ccccc1-c1cccc2c1[se]c1ccccc12. The zero-order chi connectivity index (χ0) is 16.0. The van der Waals surface area contributed by atoms with Crippen molar-refractivity contribution in [2.24, 2.45) is 0 Å². The van der Waals surface area contributed by atoms with Crippen LogP contribution >= 0.6 is 0 Å². The molecule has 1 aromatic heterocycles. The number of rotatable bonds is 2. The summed E-state index contributed by atoms with van der Waals surface area (Å²) in [7, 11) is 0. The molecule has 4 rings (SSSR count). The van der Waals surface area contributed by atoms with E-state index in [1.54, 1.807) is 7.84 Å². The first-order valence-electron chi connectivity index (χ1n) is 8.06. The van der Waals surface area contributed by atoms with Crippen LogP contribution in [0.4, 0.5) is 0 Å². The van der Waals surface area contributed by atoms with Gasteiger partial charge in [-0.15, -0.1) is 0 Å². The van der Waals surface area contributed by atoms with Crippen LogP contribution in [-0.4, -0.2) is 32.9 Å². The van der Waals surface area contributed by atoms with E-state index in [1.807, 2.05) is 0 Å². The zero-order valence-electron chi connectivity index (χ0n) is 13.8. The van der Waals surface area contributed by atoms with E-state index in [0.29, 0.717) is 14.5 Å². The third-order valence-electron chi connectivity index (χ3n) is 4.43. The van der Waals surface area contributed by atoms with Crippen LogP contribution in [-0.2, 0) is 0 Å². The molecule has 4 aromatic rings. The van der Waals surface area contributed by atoms with Crippen molar-refractivity contribution in [3.8, 4) is 11.1 Å². The second kappa shape index (κ2) is 5.81. The summed E-state index contributed by atoms with van der Waals surface area (Å²) < 4.78 is 4.74. The summed E-state index contributed by atoms with van der Waals surface area (Å²) in [6.45, 7) is 0. The first kappa shape index (κ1) is 15.5. The Labute approximate surface area is 147 Å². The van der Waals surface area contributed by atoms with E-state index in [0.717, 1.165) is 0 Å². The van der Waals surface area contributed by atoms with Gasteiger partial charge >= 0.3 is 148 Å². The molecular formula is C21H20SeSn. The van der Waals surface area contributed by atoms with Crippen molar-refractivity contribution in [1.82, 2.24) is 0 Å². The van der Waals surface area contributed by atoms with Gasteiger partial charge in [-0.1, -0.05) is 0 Å². The van der Waals surface area contributed by atoms with Crippen LogP contribution < -0.4 is 3.58 Å². The first-order chi connectivity index (χ1) is 11.1. The van der Waals surface area contributed by atoms with Crippen molar-refractivity contribution in [1.29, 1.82) is 0 Å². The van der Waals surface area contributed by atoms with E-state index < -0.39 is 18.4 Å². The van der Waals surface area contributed by atoms with Crippen LogP contribution in [0.3, 0.4) is 0 Å². The Balaban J connectivity index is 2.08. The van der Waals surface area contributed by atoms with Gasteiger partial charge in [-0.2, -0.15) is 0 Å². The molecule has 0 fully saturated rings. The minimum atomic E-state index is -2.14. The van der Waals surface area contributed by atoms with E-state index >= 15 is 0 Å². The summed E-state index contributed by atoms with van der Waals surface area (Å²) in [5.41, 5.74) is 2.96. The first-order valence-corrected chi connectivity index (χ1v) is 19.8. The van der Waals surface area contributed by atoms with Gasteiger partial charge in [-0.3, -0.25) is 0 Å². The molecular weight excluding hydrogens is 450 g/mol.